The minimum Gasteiger partial charge on any atom is -0.497 e. The second-order valence-electron chi connectivity index (χ2n) is 5.37. The third-order valence-corrected chi connectivity index (χ3v) is 4.66. The molecule has 0 aromatic heterocycles. The van der Waals surface area contributed by atoms with Gasteiger partial charge in [0.25, 0.3) is 15.9 Å². The van der Waals surface area contributed by atoms with Gasteiger partial charge in [0, 0.05) is 24.2 Å². The highest BCUT2D eigenvalue weighted by molar-refractivity contribution is 7.89. The molecule has 2 aromatic carbocycles. The highest BCUT2D eigenvalue weighted by Crippen LogP contribution is 2.22. The first-order valence-corrected chi connectivity index (χ1v) is 9.16. The van der Waals surface area contributed by atoms with E-state index in [1.54, 1.807) is 6.07 Å². The van der Waals surface area contributed by atoms with Crippen molar-refractivity contribution in [3.05, 3.63) is 48.0 Å². The molecular formula is C17H19N3O6S. The number of ether oxygens (including phenoxy) is 2. The van der Waals surface area contributed by atoms with Crippen LogP contribution in [0.3, 0.4) is 0 Å². The van der Waals surface area contributed by atoms with Crippen molar-refractivity contribution in [2.24, 2.45) is 0 Å². The van der Waals surface area contributed by atoms with Crippen molar-refractivity contribution in [2.75, 3.05) is 19.5 Å². The summed E-state index contributed by atoms with van der Waals surface area (Å²) >= 11 is 0. The number of hydrazine groups is 1. The van der Waals surface area contributed by atoms with Gasteiger partial charge in [0.1, 0.15) is 11.5 Å². The maximum atomic E-state index is 12.3. The second-order valence-corrected chi connectivity index (χ2v) is 7.05. The maximum absolute atomic E-state index is 12.3. The van der Waals surface area contributed by atoms with Crippen molar-refractivity contribution < 1.29 is 27.5 Å². The highest BCUT2D eigenvalue weighted by atomic mass is 32.2. The molecule has 0 heterocycles. The van der Waals surface area contributed by atoms with Gasteiger partial charge >= 0.3 is 0 Å². The number of carbonyl (C=O) groups excluding carboxylic acids is 2. The summed E-state index contributed by atoms with van der Waals surface area (Å²) < 4.78 is 34.7. The van der Waals surface area contributed by atoms with Crippen LogP contribution in [0.2, 0.25) is 0 Å². The Kier molecular flexibility index (Phi) is 6.37. The standard InChI is InChI=1S/C17H19N3O6S/c1-11(21)18-13-4-6-16(7-5-13)27(23,24)20-19-17(22)12-8-14(25-2)10-15(9-12)26-3/h4-10,20H,1-3H3,(H,18,21)(H,19,22). The summed E-state index contributed by atoms with van der Waals surface area (Å²) in [6.45, 7) is 1.34. The van der Waals surface area contributed by atoms with Gasteiger partial charge in [-0.3, -0.25) is 15.0 Å². The lowest BCUT2D eigenvalue weighted by Crippen LogP contribution is -2.41. The molecule has 0 saturated heterocycles. The van der Waals surface area contributed by atoms with E-state index in [1.807, 2.05) is 4.83 Å². The Bertz CT molecular complexity index is 919. The van der Waals surface area contributed by atoms with Crippen molar-refractivity contribution in [1.29, 1.82) is 0 Å². The molecule has 144 valence electrons. The predicted molar refractivity (Wildman–Crippen MR) is 98.1 cm³/mol. The van der Waals surface area contributed by atoms with Gasteiger partial charge in [-0.15, -0.1) is 4.83 Å². The van der Waals surface area contributed by atoms with Crippen molar-refractivity contribution in [3.63, 3.8) is 0 Å². The number of sulfonamides is 1. The van der Waals surface area contributed by atoms with Gasteiger partial charge in [0.15, 0.2) is 0 Å². The van der Waals surface area contributed by atoms with E-state index < -0.39 is 15.9 Å². The highest BCUT2D eigenvalue weighted by Gasteiger charge is 2.17. The van der Waals surface area contributed by atoms with Gasteiger partial charge in [0.2, 0.25) is 5.91 Å². The molecule has 2 rings (SSSR count). The minimum absolute atomic E-state index is 0.0832. The molecule has 0 fully saturated rings. The molecule has 0 unspecified atom stereocenters. The first kappa shape index (κ1) is 20.2. The van der Waals surface area contributed by atoms with E-state index in [4.69, 9.17) is 9.47 Å². The number of hydrogen-bond donors (Lipinski definition) is 3. The van der Waals surface area contributed by atoms with Gasteiger partial charge in [-0.2, -0.15) is 0 Å². The molecule has 9 nitrogen and oxygen atoms in total. The normalized spacial score (nSPS) is 10.8. The smallest absolute Gasteiger partial charge is 0.266 e. The zero-order chi connectivity index (χ0) is 20.0. The number of rotatable bonds is 7. The number of methoxy groups -OCH3 is 2. The Hall–Kier alpha value is -3.11. The van der Waals surface area contributed by atoms with Crippen molar-refractivity contribution in [1.82, 2.24) is 10.3 Å². The maximum Gasteiger partial charge on any atom is 0.266 e. The Balaban J connectivity index is 2.10. The Morgan fingerprint density at radius 3 is 1.96 bits per heavy atom. The molecule has 10 heteroatoms. The SMILES string of the molecule is COc1cc(OC)cc(C(=O)NNS(=O)(=O)c2ccc(NC(C)=O)cc2)c1. The predicted octanol–water partition coefficient (Wildman–Crippen LogP) is 1.29. The molecule has 3 N–H and O–H groups in total. The summed E-state index contributed by atoms with van der Waals surface area (Å²) in [5.74, 6) is -0.192. The lowest BCUT2D eigenvalue weighted by atomic mass is 10.2. The minimum atomic E-state index is -4.00. The van der Waals surface area contributed by atoms with Crippen LogP contribution in [0.4, 0.5) is 5.69 Å². The zero-order valence-corrected chi connectivity index (χ0v) is 15.7. The van der Waals surface area contributed by atoms with Gasteiger partial charge < -0.3 is 14.8 Å². The fourth-order valence-electron chi connectivity index (χ4n) is 2.10. The van der Waals surface area contributed by atoms with Crippen LogP contribution in [0.15, 0.2) is 47.4 Å². The van der Waals surface area contributed by atoms with E-state index in [2.05, 4.69) is 10.7 Å². The van der Waals surface area contributed by atoms with Crippen LogP contribution in [0.25, 0.3) is 0 Å². The van der Waals surface area contributed by atoms with E-state index >= 15 is 0 Å². The Labute approximate surface area is 156 Å². The summed E-state index contributed by atoms with van der Waals surface area (Å²) in [5.41, 5.74) is 2.73. The average molecular weight is 393 g/mol. The third kappa shape index (κ3) is 5.43. The van der Waals surface area contributed by atoms with Gasteiger partial charge in [0.05, 0.1) is 19.1 Å². The number of hydrogen-bond acceptors (Lipinski definition) is 6. The number of amides is 2. The van der Waals surface area contributed by atoms with Crippen LogP contribution in [0.1, 0.15) is 17.3 Å². The van der Waals surface area contributed by atoms with E-state index in [0.29, 0.717) is 17.2 Å². The molecule has 27 heavy (non-hydrogen) atoms. The van der Waals surface area contributed by atoms with Crippen LogP contribution < -0.4 is 25.0 Å². The van der Waals surface area contributed by atoms with Gasteiger partial charge in [-0.25, -0.2) is 8.42 Å². The zero-order valence-electron chi connectivity index (χ0n) is 14.9. The lowest BCUT2D eigenvalue weighted by molar-refractivity contribution is -0.114. The monoisotopic (exact) mass is 393 g/mol. The second kappa shape index (κ2) is 8.52. The number of carbonyl (C=O) groups is 2. The van der Waals surface area contributed by atoms with Crippen LogP contribution >= 0.6 is 0 Å². The summed E-state index contributed by atoms with van der Waals surface area (Å²) in [5, 5.41) is 2.53. The molecular weight excluding hydrogens is 374 g/mol. The molecule has 0 radical (unpaired) electrons. The number of benzene rings is 2. The average Bonchev–Trinajstić information content (AvgIpc) is 2.65. The first-order chi connectivity index (χ1) is 12.7. The molecule has 2 aromatic rings. The quantitative estimate of drug-likeness (QED) is 0.609. The number of anilines is 1. The van der Waals surface area contributed by atoms with E-state index in [-0.39, 0.29) is 16.4 Å². The fraction of sp³-hybridized carbons (Fsp3) is 0.176. The third-order valence-electron chi connectivity index (χ3n) is 3.40. The van der Waals surface area contributed by atoms with Crippen LogP contribution in [0, 0.1) is 0 Å². The largest absolute Gasteiger partial charge is 0.497 e. The molecule has 0 bridgehead atoms. The van der Waals surface area contributed by atoms with E-state index in [9.17, 15) is 18.0 Å². The molecule has 0 saturated carbocycles. The lowest BCUT2D eigenvalue weighted by Gasteiger charge is -2.11. The van der Waals surface area contributed by atoms with Crippen LogP contribution in [-0.2, 0) is 14.8 Å². The van der Waals surface area contributed by atoms with Crippen LogP contribution in [-0.4, -0.2) is 34.5 Å². The molecule has 0 spiro atoms. The molecule has 2 amide bonds. The molecule has 0 atom stereocenters. The van der Waals surface area contributed by atoms with E-state index in [1.165, 1.54) is 57.5 Å². The summed E-state index contributed by atoms with van der Waals surface area (Å²) in [4.78, 5) is 25.2. The Morgan fingerprint density at radius 2 is 1.48 bits per heavy atom. The summed E-state index contributed by atoms with van der Waals surface area (Å²) in [6.07, 6.45) is 0. The van der Waals surface area contributed by atoms with Crippen molar-refractivity contribution in [2.45, 2.75) is 11.8 Å². The number of nitrogens with one attached hydrogen (secondary N) is 3. The van der Waals surface area contributed by atoms with Crippen molar-refractivity contribution >= 4 is 27.5 Å². The Morgan fingerprint density at radius 1 is 0.926 bits per heavy atom. The van der Waals surface area contributed by atoms with Crippen molar-refractivity contribution in [3.8, 4) is 11.5 Å². The fourth-order valence-corrected chi connectivity index (χ4v) is 2.94. The molecule has 0 aliphatic rings. The van der Waals surface area contributed by atoms with Gasteiger partial charge in [-0.05, 0) is 36.4 Å². The summed E-state index contributed by atoms with van der Waals surface area (Å²) in [7, 11) is -1.13. The first-order valence-electron chi connectivity index (χ1n) is 7.68. The summed E-state index contributed by atoms with van der Waals surface area (Å²) in [6, 6.07) is 9.93. The van der Waals surface area contributed by atoms with Crippen LogP contribution in [0.5, 0.6) is 11.5 Å². The van der Waals surface area contributed by atoms with Gasteiger partial charge in [-0.1, -0.05) is 0 Å². The molecule has 0 aliphatic heterocycles. The van der Waals surface area contributed by atoms with E-state index in [0.717, 1.165) is 0 Å². The molecule has 0 aliphatic carbocycles. The topological polar surface area (TPSA) is 123 Å².